The summed E-state index contributed by atoms with van der Waals surface area (Å²) < 4.78 is 11.9. The molecule has 0 bridgehead atoms. The number of rotatable bonds is 5. The second-order valence-corrected chi connectivity index (χ2v) is 6.91. The van der Waals surface area contributed by atoms with Gasteiger partial charge in [-0.15, -0.1) is 24.0 Å². The number of ether oxygens (including phenoxy) is 2. The van der Waals surface area contributed by atoms with Crippen LogP contribution in [0.25, 0.3) is 0 Å². The Kier molecular flexibility index (Phi) is 6.98. The van der Waals surface area contributed by atoms with Crippen LogP contribution in [0.5, 0.6) is 11.5 Å². The molecule has 1 aliphatic carbocycles. The molecule has 0 saturated carbocycles. The quantitative estimate of drug-likeness (QED) is 0.234. The number of halogens is 1. The van der Waals surface area contributed by atoms with E-state index in [1.807, 2.05) is 12.1 Å². The highest BCUT2D eigenvalue weighted by atomic mass is 127. The molecule has 1 aliphatic heterocycles. The molecule has 2 aliphatic rings. The minimum Gasteiger partial charge on any atom is -0.488 e. The van der Waals surface area contributed by atoms with E-state index in [1.165, 1.54) is 5.56 Å². The average Bonchev–Trinajstić information content (AvgIpc) is 3.16. The molecule has 0 fully saturated rings. The van der Waals surface area contributed by atoms with Gasteiger partial charge in [0.2, 0.25) is 0 Å². The van der Waals surface area contributed by atoms with E-state index in [0.717, 1.165) is 36.7 Å². The van der Waals surface area contributed by atoms with E-state index in [-0.39, 0.29) is 29.6 Å². The van der Waals surface area contributed by atoms with Crippen LogP contribution in [0.15, 0.2) is 35.3 Å². The van der Waals surface area contributed by atoms with Gasteiger partial charge in [0.1, 0.15) is 12.2 Å². The Morgan fingerprint density at radius 3 is 2.80 bits per heavy atom. The first-order valence-corrected chi connectivity index (χ1v) is 8.63. The average molecular weight is 457 g/mol. The van der Waals surface area contributed by atoms with Crippen LogP contribution in [0.1, 0.15) is 32.3 Å². The van der Waals surface area contributed by atoms with Crippen molar-refractivity contribution in [2.24, 2.45) is 4.99 Å². The smallest absolute Gasteiger partial charge is 0.191 e. The first kappa shape index (κ1) is 19.9. The minimum atomic E-state index is -0.151. The fourth-order valence-corrected chi connectivity index (χ4v) is 3.15. The Labute approximate surface area is 167 Å². The molecule has 5 nitrogen and oxygen atoms in total. The molecule has 0 saturated heterocycles. The summed E-state index contributed by atoms with van der Waals surface area (Å²) >= 11 is 0. The number of benzene rings is 1. The summed E-state index contributed by atoms with van der Waals surface area (Å²) in [5.41, 5.74) is 1.07. The second kappa shape index (κ2) is 8.78. The zero-order valence-corrected chi connectivity index (χ0v) is 17.5. The first-order valence-electron chi connectivity index (χ1n) is 8.63. The number of para-hydroxylation sites is 1. The SMILES string of the molecule is CN=C(NCCOc1cccc2c1OC(C)(C)C2)NC1CC=CC1.I. The Bertz CT molecular complexity index is 636. The molecule has 25 heavy (non-hydrogen) atoms. The summed E-state index contributed by atoms with van der Waals surface area (Å²) in [4.78, 5) is 4.26. The lowest BCUT2D eigenvalue weighted by atomic mass is 10.0. The highest BCUT2D eigenvalue weighted by Gasteiger charge is 2.32. The van der Waals surface area contributed by atoms with Crippen molar-refractivity contribution in [2.45, 2.75) is 44.8 Å². The molecule has 1 heterocycles. The van der Waals surface area contributed by atoms with Crippen molar-refractivity contribution in [1.82, 2.24) is 10.6 Å². The van der Waals surface area contributed by atoms with Gasteiger partial charge in [0.25, 0.3) is 0 Å². The molecule has 0 amide bonds. The highest BCUT2D eigenvalue weighted by molar-refractivity contribution is 14.0. The first-order chi connectivity index (χ1) is 11.6. The van der Waals surface area contributed by atoms with Crippen molar-refractivity contribution in [3.05, 3.63) is 35.9 Å². The lowest BCUT2D eigenvalue weighted by Gasteiger charge is -2.19. The number of nitrogens with one attached hydrogen (secondary N) is 2. The predicted octanol–water partition coefficient (Wildman–Crippen LogP) is 3.28. The van der Waals surface area contributed by atoms with Crippen molar-refractivity contribution in [3.63, 3.8) is 0 Å². The second-order valence-electron chi connectivity index (χ2n) is 6.91. The zero-order chi connectivity index (χ0) is 17.0. The number of nitrogens with zero attached hydrogens (tertiary/aromatic N) is 1. The third-order valence-corrected chi connectivity index (χ3v) is 4.28. The van der Waals surface area contributed by atoms with Gasteiger partial charge >= 0.3 is 0 Å². The van der Waals surface area contributed by atoms with Crippen molar-refractivity contribution < 1.29 is 9.47 Å². The Hall–Kier alpha value is -1.44. The molecule has 0 radical (unpaired) electrons. The van der Waals surface area contributed by atoms with Crippen LogP contribution in [0, 0.1) is 0 Å². The monoisotopic (exact) mass is 457 g/mol. The minimum absolute atomic E-state index is 0. The fourth-order valence-electron chi connectivity index (χ4n) is 3.15. The standard InChI is InChI=1S/C19H27N3O2.HI/c1-19(2)13-14-7-6-10-16(17(14)24-19)23-12-11-21-18(20-3)22-15-8-4-5-9-15;/h4-7,10,15H,8-9,11-13H2,1-3H3,(H2,20,21,22);1H. The highest BCUT2D eigenvalue weighted by Crippen LogP contribution is 2.41. The van der Waals surface area contributed by atoms with E-state index in [2.05, 4.69) is 47.7 Å². The van der Waals surface area contributed by atoms with Crippen LogP contribution < -0.4 is 20.1 Å². The van der Waals surface area contributed by atoms with Gasteiger partial charge in [0, 0.05) is 25.1 Å². The molecule has 0 atom stereocenters. The summed E-state index contributed by atoms with van der Waals surface area (Å²) in [5.74, 6) is 2.54. The molecule has 1 aromatic carbocycles. The van der Waals surface area contributed by atoms with Gasteiger partial charge in [-0.25, -0.2) is 0 Å². The third-order valence-electron chi connectivity index (χ3n) is 4.28. The predicted molar refractivity (Wildman–Crippen MR) is 112 cm³/mol. The molecule has 0 aromatic heterocycles. The van der Waals surface area contributed by atoms with E-state index < -0.39 is 0 Å². The van der Waals surface area contributed by atoms with Gasteiger partial charge in [-0.05, 0) is 32.8 Å². The van der Waals surface area contributed by atoms with Crippen LogP contribution in [-0.2, 0) is 6.42 Å². The van der Waals surface area contributed by atoms with Gasteiger partial charge in [-0.3, -0.25) is 4.99 Å². The summed E-state index contributed by atoms with van der Waals surface area (Å²) in [7, 11) is 1.79. The van der Waals surface area contributed by atoms with Crippen molar-refractivity contribution in [2.75, 3.05) is 20.2 Å². The number of hydrogen-bond acceptors (Lipinski definition) is 3. The van der Waals surface area contributed by atoms with Crippen LogP contribution in [0.4, 0.5) is 0 Å². The molecule has 0 spiro atoms. The largest absolute Gasteiger partial charge is 0.488 e. The Morgan fingerprint density at radius 1 is 1.32 bits per heavy atom. The van der Waals surface area contributed by atoms with E-state index in [9.17, 15) is 0 Å². The molecule has 6 heteroatoms. The summed E-state index contributed by atoms with van der Waals surface area (Å²) in [6.45, 7) is 5.45. The van der Waals surface area contributed by atoms with Gasteiger partial charge in [0.05, 0.1) is 6.54 Å². The molecule has 2 N–H and O–H groups in total. The number of fused-ring (bicyclic) bond motifs is 1. The van der Waals surface area contributed by atoms with Crippen molar-refractivity contribution in [1.29, 1.82) is 0 Å². The lowest BCUT2D eigenvalue weighted by Crippen LogP contribution is -2.43. The van der Waals surface area contributed by atoms with Gasteiger partial charge in [-0.1, -0.05) is 24.3 Å². The number of aliphatic imine (C=N–C) groups is 1. The van der Waals surface area contributed by atoms with Crippen molar-refractivity contribution in [3.8, 4) is 11.5 Å². The maximum Gasteiger partial charge on any atom is 0.191 e. The Balaban J connectivity index is 0.00000225. The molecular weight excluding hydrogens is 429 g/mol. The topological polar surface area (TPSA) is 54.9 Å². The molecule has 3 rings (SSSR count). The fraction of sp³-hybridized carbons (Fsp3) is 0.526. The van der Waals surface area contributed by atoms with E-state index in [0.29, 0.717) is 19.2 Å². The molecule has 0 unspecified atom stereocenters. The molecule has 1 aromatic rings. The number of guanidine groups is 1. The van der Waals surface area contributed by atoms with Gasteiger partial charge < -0.3 is 20.1 Å². The van der Waals surface area contributed by atoms with E-state index >= 15 is 0 Å². The molecular formula is C19H28IN3O2. The molecule has 138 valence electrons. The zero-order valence-electron chi connectivity index (χ0n) is 15.2. The summed E-state index contributed by atoms with van der Waals surface area (Å²) in [5, 5.41) is 6.71. The van der Waals surface area contributed by atoms with Crippen LogP contribution in [0.3, 0.4) is 0 Å². The van der Waals surface area contributed by atoms with E-state index in [4.69, 9.17) is 9.47 Å². The number of hydrogen-bond donors (Lipinski definition) is 2. The maximum atomic E-state index is 6.02. The van der Waals surface area contributed by atoms with Crippen LogP contribution >= 0.6 is 24.0 Å². The van der Waals surface area contributed by atoms with Crippen LogP contribution in [0.2, 0.25) is 0 Å². The van der Waals surface area contributed by atoms with Crippen molar-refractivity contribution >= 4 is 29.9 Å². The maximum absolute atomic E-state index is 6.02. The summed E-state index contributed by atoms with van der Waals surface area (Å²) in [6, 6.07) is 6.55. The van der Waals surface area contributed by atoms with E-state index in [1.54, 1.807) is 7.05 Å². The summed E-state index contributed by atoms with van der Waals surface area (Å²) in [6.07, 6.45) is 7.43. The normalized spacial score (nSPS) is 18.3. The third kappa shape index (κ3) is 5.26. The Morgan fingerprint density at radius 2 is 2.08 bits per heavy atom. The van der Waals surface area contributed by atoms with Gasteiger partial charge in [-0.2, -0.15) is 0 Å². The lowest BCUT2D eigenvalue weighted by molar-refractivity contribution is 0.132. The van der Waals surface area contributed by atoms with Crippen LogP contribution in [-0.4, -0.2) is 37.8 Å². The van der Waals surface area contributed by atoms with Gasteiger partial charge in [0.15, 0.2) is 17.5 Å².